The highest BCUT2D eigenvalue weighted by atomic mass is 32.2. The summed E-state index contributed by atoms with van der Waals surface area (Å²) in [6, 6.07) is 13.7. The van der Waals surface area contributed by atoms with Gasteiger partial charge in [-0.05, 0) is 42.8 Å². The number of ether oxygens (including phenoxy) is 2. The van der Waals surface area contributed by atoms with Crippen molar-refractivity contribution in [3.05, 3.63) is 59.8 Å². The van der Waals surface area contributed by atoms with E-state index in [1.165, 1.54) is 13.2 Å². The molecule has 0 aliphatic carbocycles. The van der Waals surface area contributed by atoms with Gasteiger partial charge in [0.2, 0.25) is 10.0 Å². The summed E-state index contributed by atoms with van der Waals surface area (Å²) in [6.07, 6.45) is 0. The van der Waals surface area contributed by atoms with Crippen LogP contribution in [0.25, 0.3) is 11.3 Å². The standard InChI is InChI=1S/C19H20N2O5S/c1-13-9-17(26-21-13)15-7-8-19(18(11-15)25-3)27(22,23)20-12-14-5-4-6-16(10-14)24-2/h4-11,20H,12H2,1-3H3. The van der Waals surface area contributed by atoms with E-state index in [2.05, 4.69) is 9.88 Å². The number of nitrogens with zero attached hydrogens (tertiary/aromatic N) is 1. The smallest absolute Gasteiger partial charge is 0.244 e. The van der Waals surface area contributed by atoms with Gasteiger partial charge in [0.05, 0.1) is 19.9 Å². The van der Waals surface area contributed by atoms with Crippen LogP contribution < -0.4 is 14.2 Å². The third kappa shape index (κ3) is 4.29. The van der Waals surface area contributed by atoms with Crippen LogP contribution in [0, 0.1) is 6.92 Å². The molecule has 0 bridgehead atoms. The Kier molecular flexibility index (Phi) is 5.48. The number of sulfonamides is 1. The van der Waals surface area contributed by atoms with E-state index in [1.54, 1.807) is 43.5 Å². The lowest BCUT2D eigenvalue weighted by Gasteiger charge is -2.12. The Morgan fingerprint density at radius 3 is 2.56 bits per heavy atom. The van der Waals surface area contributed by atoms with Crippen LogP contribution in [0.15, 0.2) is 57.9 Å². The third-order valence-corrected chi connectivity index (χ3v) is 5.41. The van der Waals surface area contributed by atoms with Crippen molar-refractivity contribution in [1.29, 1.82) is 0 Å². The lowest BCUT2D eigenvalue weighted by atomic mass is 10.1. The van der Waals surface area contributed by atoms with Crippen LogP contribution in [-0.2, 0) is 16.6 Å². The van der Waals surface area contributed by atoms with Crippen molar-refractivity contribution >= 4 is 10.0 Å². The molecule has 8 heteroatoms. The molecule has 1 N–H and O–H groups in total. The van der Waals surface area contributed by atoms with E-state index in [9.17, 15) is 8.42 Å². The van der Waals surface area contributed by atoms with Gasteiger partial charge in [0.15, 0.2) is 5.76 Å². The number of hydrogen-bond acceptors (Lipinski definition) is 6. The first-order valence-corrected chi connectivity index (χ1v) is 9.65. The Morgan fingerprint density at radius 2 is 1.89 bits per heavy atom. The molecule has 0 aliphatic rings. The van der Waals surface area contributed by atoms with Gasteiger partial charge in [0.1, 0.15) is 16.4 Å². The molecule has 1 heterocycles. The highest BCUT2D eigenvalue weighted by Crippen LogP contribution is 2.30. The van der Waals surface area contributed by atoms with Crippen molar-refractivity contribution in [3.8, 4) is 22.8 Å². The van der Waals surface area contributed by atoms with Crippen molar-refractivity contribution < 1.29 is 22.4 Å². The monoisotopic (exact) mass is 388 g/mol. The maximum Gasteiger partial charge on any atom is 0.244 e. The third-order valence-electron chi connectivity index (χ3n) is 3.97. The van der Waals surface area contributed by atoms with Crippen LogP contribution in [0.1, 0.15) is 11.3 Å². The van der Waals surface area contributed by atoms with Crippen molar-refractivity contribution in [2.45, 2.75) is 18.4 Å². The summed E-state index contributed by atoms with van der Waals surface area (Å²) < 4.78 is 43.7. The van der Waals surface area contributed by atoms with E-state index in [0.29, 0.717) is 17.1 Å². The highest BCUT2D eigenvalue weighted by Gasteiger charge is 2.20. The number of hydrogen-bond donors (Lipinski definition) is 1. The van der Waals surface area contributed by atoms with E-state index >= 15 is 0 Å². The lowest BCUT2D eigenvalue weighted by molar-refractivity contribution is 0.401. The molecule has 7 nitrogen and oxygen atoms in total. The molecule has 3 aromatic rings. The summed E-state index contributed by atoms with van der Waals surface area (Å²) >= 11 is 0. The molecule has 27 heavy (non-hydrogen) atoms. The molecule has 3 rings (SSSR count). The van der Waals surface area contributed by atoms with Gasteiger partial charge in [0.25, 0.3) is 0 Å². The average molecular weight is 388 g/mol. The van der Waals surface area contributed by atoms with E-state index in [4.69, 9.17) is 14.0 Å². The molecule has 0 radical (unpaired) electrons. The highest BCUT2D eigenvalue weighted by molar-refractivity contribution is 7.89. The zero-order valence-corrected chi connectivity index (χ0v) is 16.0. The van der Waals surface area contributed by atoms with Gasteiger partial charge >= 0.3 is 0 Å². The van der Waals surface area contributed by atoms with E-state index in [0.717, 1.165) is 11.3 Å². The fraction of sp³-hybridized carbons (Fsp3) is 0.211. The normalized spacial score (nSPS) is 11.4. The van der Waals surface area contributed by atoms with Gasteiger partial charge in [-0.1, -0.05) is 17.3 Å². The van der Waals surface area contributed by atoms with Crippen LogP contribution in [-0.4, -0.2) is 27.8 Å². The quantitative estimate of drug-likeness (QED) is 0.669. The van der Waals surface area contributed by atoms with Crippen molar-refractivity contribution in [3.63, 3.8) is 0 Å². The van der Waals surface area contributed by atoms with Gasteiger partial charge in [-0.15, -0.1) is 0 Å². The molecule has 0 unspecified atom stereocenters. The Balaban J connectivity index is 1.84. The topological polar surface area (TPSA) is 90.7 Å². The minimum absolute atomic E-state index is 0.0490. The van der Waals surface area contributed by atoms with Gasteiger partial charge in [-0.25, -0.2) is 13.1 Å². The molecule has 0 saturated heterocycles. The molecule has 1 aromatic heterocycles. The number of methoxy groups -OCH3 is 2. The lowest BCUT2D eigenvalue weighted by Crippen LogP contribution is -2.23. The SMILES string of the molecule is COc1cccc(CNS(=O)(=O)c2ccc(-c3cc(C)no3)cc2OC)c1. The first-order valence-electron chi connectivity index (χ1n) is 8.17. The molecule has 0 fully saturated rings. The first kappa shape index (κ1) is 18.9. The molecule has 2 aromatic carbocycles. The largest absolute Gasteiger partial charge is 0.497 e. The molecular formula is C19H20N2O5S. The predicted octanol–water partition coefficient (Wildman–Crippen LogP) is 3.15. The van der Waals surface area contributed by atoms with Gasteiger partial charge in [0, 0.05) is 18.2 Å². The number of nitrogens with one attached hydrogen (secondary N) is 1. The van der Waals surface area contributed by atoms with Crippen LogP contribution in [0.4, 0.5) is 0 Å². The van der Waals surface area contributed by atoms with E-state index in [1.807, 2.05) is 13.0 Å². The summed E-state index contributed by atoms with van der Waals surface area (Å²) in [7, 11) is -0.793. The van der Waals surface area contributed by atoms with Gasteiger partial charge in [-0.3, -0.25) is 0 Å². The molecule has 0 saturated carbocycles. The zero-order valence-electron chi connectivity index (χ0n) is 15.2. The van der Waals surface area contributed by atoms with Crippen LogP contribution >= 0.6 is 0 Å². The minimum atomic E-state index is -3.78. The number of aromatic nitrogens is 1. The number of rotatable bonds is 7. The summed E-state index contributed by atoms with van der Waals surface area (Å²) in [4.78, 5) is 0.0490. The molecule has 0 aliphatic heterocycles. The number of aryl methyl sites for hydroxylation is 1. The second-order valence-electron chi connectivity index (χ2n) is 5.87. The van der Waals surface area contributed by atoms with Crippen LogP contribution in [0.5, 0.6) is 11.5 Å². The predicted molar refractivity (Wildman–Crippen MR) is 100 cm³/mol. The molecular weight excluding hydrogens is 368 g/mol. The average Bonchev–Trinajstić information content (AvgIpc) is 3.12. The fourth-order valence-corrected chi connectivity index (χ4v) is 3.75. The Morgan fingerprint density at radius 1 is 1.07 bits per heavy atom. The molecule has 0 spiro atoms. The molecule has 0 atom stereocenters. The minimum Gasteiger partial charge on any atom is -0.497 e. The summed E-state index contributed by atoms with van der Waals surface area (Å²) in [5.41, 5.74) is 2.20. The first-order chi connectivity index (χ1) is 12.9. The van der Waals surface area contributed by atoms with Crippen molar-refractivity contribution in [2.24, 2.45) is 0 Å². The zero-order chi connectivity index (χ0) is 19.4. The maximum atomic E-state index is 12.7. The number of benzene rings is 2. The Hall–Kier alpha value is -2.84. The fourth-order valence-electron chi connectivity index (χ4n) is 2.58. The van der Waals surface area contributed by atoms with E-state index in [-0.39, 0.29) is 17.2 Å². The van der Waals surface area contributed by atoms with Gasteiger partial charge in [-0.2, -0.15) is 0 Å². The summed E-state index contributed by atoms with van der Waals surface area (Å²) in [6.45, 7) is 1.94. The van der Waals surface area contributed by atoms with Crippen molar-refractivity contribution in [2.75, 3.05) is 14.2 Å². The Bertz CT molecular complexity index is 1040. The molecule has 142 valence electrons. The van der Waals surface area contributed by atoms with Crippen LogP contribution in [0.2, 0.25) is 0 Å². The van der Waals surface area contributed by atoms with Gasteiger partial charge < -0.3 is 14.0 Å². The second-order valence-corrected chi connectivity index (χ2v) is 7.61. The second kappa shape index (κ2) is 7.81. The van der Waals surface area contributed by atoms with Crippen molar-refractivity contribution in [1.82, 2.24) is 9.88 Å². The molecule has 0 amide bonds. The van der Waals surface area contributed by atoms with Crippen LogP contribution in [0.3, 0.4) is 0 Å². The van der Waals surface area contributed by atoms with E-state index < -0.39 is 10.0 Å². The Labute approximate surface area is 158 Å². The summed E-state index contributed by atoms with van der Waals surface area (Å²) in [5.74, 6) is 1.43. The maximum absolute atomic E-state index is 12.7. The summed E-state index contributed by atoms with van der Waals surface area (Å²) in [5, 5.41) is 3.84.